The van der Waals surface area contributed by atoms with Gasteiger partial charge in [0.2, 0.25) is 0 Å². The molecule has 0 heterocycles. The van der Waals surface area contributed by atoms with E-state index in [1.54, 1.807) is 72.8 Å². The lowest BCUT2D eigenvalue weighted by Gasteiger charge is -2.11. The maximum absolute atomic E-state index is 12.6. The molecular weight excluding hydrogens is 390 g/mol. The number of hydrogen-bond acceptors (Lipinski definition) is 5. The summed E-state index contributed by atoms with van der Waals surface area (Å²) >= 11 is 0. The Morgan fingerprint density at radius 1 is 0.862 bits per heavy atom. The maximum atomic E-state index is 12.6. The van der Waals surface area contributed by atoms with Crippen molar-refractivity contribution in [2.24, 2.45) is 0 Å². The Kier molecular flexibility index (Phi) is 5.79. The minimum atomic E-state index is -3.39. The molecule has 0 fully saturated rings. The van der Waals surface area contributed by atoms with Gasteiger partial charge in [0, 0.05) is 17.4 Å². The van der Waals surface area contributed by atoms with Crippen LogP contribution in [0.15, 0.2) is 77.7 Å². The van der Waals surface area contributed by atoms with E-state index in [9.17, 15) is 18.0 Å². The highest BCUT2D eigenvalue weighted by molar-refractivity contribution is 7.90. The predicted molar refractivity (Wildman–Crippen MR) is 111 cm³/mol. The van der Waals surface area contributed by atoms with Gasteiger partial charge in [-0.2, -0.15) is 0 Å². The summed E-state index contributed by atoms with van der Waals surface area (Å²) in [6, 6.07) is 19.8. The highest BCUT2D eigenvalue weighted by Crippen LogP contribution is 2.27. The summed E-state index contributed by atoms with van der Waals surface area (Å²) in [5, 5.41) is 2.70. The molecule has 1 amide bonds. The smallest absolute Gasteiger partial charge is 0.339 e. The van der Waals surface area contributed by atoms with Crippen molar-refractivity contribution in [2.45, 2.75) is 4.90 Å². The number of sulfone groups is 1. The third-order valence-corrected chi connectivity index (χ3v) is 5.48. The molecule has 0 spiro atoms. The van der Waals surface area contributed by atoms with Crippen molar-refractivity contribution in [3.05, 3.63) is 83.9 Å². The molecule has 6 nitrogen and oxygen atoms in total. The Bertz CT molecular complexity index is 1170. The average Bonchev–Trinajstić information content (AvgIpc) is 2.73. The molecule has 7 heteroatoms. The molecule has 29 heavy (non-hydrogen) atoms. The van der Waals surface area contributed by atoms with Gasteiger partial charge < -0.3 is 10.1 Å². The zero-order valence-electron chi connectivity index (χ0n) is 15.9. The van der Waals surface area contributed by atoms with Crippen LogP contribution >= 0.6 is 0 Å². The summed E-state index contributed by atoms with van der Waals surface area (Å²) < 4.78 is 28.8. The molecule has 0 bridgehead atoms. The van der Waals surface area contributed by atoms with Crippen LogP contribution < -0.4 is 5.32 Å². The van der Waals surface area contributed by atoms with E-state index in [0.717, 1.165) is 6.26 Å². The van der Waals surface area contributed by atoms with Crippen molar-refractivity contribution in [1.82, 2.24) is 0 Å². The summed E-state index contributed by atoms with van der Waals surface area (Å²) in [5.41, 5.74) is 2.21. The molecule has 1 N–H and O–H groups in total. The largest absolute Gasteiger partial charge is 0.465 e. The number of ether oxygens (including phenoxy) is 1. The Labute approximate surface area is 169 Å². The quantitative estimate of drug-likeness (QED) is 0.648. The van der Waals surface area contributed by atoms with Crippen molar-refractivity contribution in [3.8, 4) is 11.1 Å². The van der Waals surface area contributed by atoms with Crippen molar-refractivity contribution >= 4 is 27.4 Å². The van der Waals surface area contributed by atoms with Gasteiger partial charge >= 0.3 is 5.97 Å². The number of anilines is 1. The highest BCUT2D eigenvalue weighted by Gasteiger charge is 2.16. The van der Waals surface area contributed by atoms with E-state index in [1.165, 1.54) is 7.11 Å². The van der Waals surface area contributed by atoms with Crippen LogP contribution in [-0.2, 0) is 14.6 Å². The number of hydrogen-bond donors (Lipinski definition) is 1. The fraction of sp³-hybridized carbons (Fsp3) is 0.0909. The lowest BCUT2D eigenvalue weighted by molar-refractivity contribution is 0.0602. The van der Waals surface area contributed by atoms with E-state index in [4.69, 9.17) is 4.74 Å². The van der Waals surface area contributed by atoms with E-state index in [0.29, 0.717) is 22.4 Å². The van der Waals surface area contributed by atoms with Gasteiger partial charge in [0.25, 0.3) is 5.91 Å². The highest BCUT2D eigenvalue weighted by atomic mass is 32.2. The first-order valence-corrected chi connectivity index (χ1v) is 10.6. The van der Waals surface area contributed by atoms with Crippen LogP contribution in [0.2, 0.25) is 0 Å². The van der Waals surface area contributed by atoms with Crippen molar-refractivity contribution in [1.29, 1.82) is 0 Å². The summed E-state index contributed by atoms with van der Waals surface area (Å²) in [5.74, 6) is -0.946. The van der Waals surface area contributed by atoms with Gasteiger partial charge in [-0.25, -0.2) is 13.2 Å². The SMILES string of the molecule is COC(=O)c1ccccc1NC(=O)c1ccc(-c2ccccc2S(C)(=O)=O)cc1. The molecule has 0 unspecified atom stereocenters. The van der Waals surface area contributed by atoms with Crippen LogP contribution in [0.25, 0.3) is 11.1 Å². The van der Waals surface area contributed by atoms with Gasteiger partial charge in [0.05, 0.1) is 23.3 Å². The first-order chi connectivity index (χ1) is 13.8. The molecule has 0 radical (unpaired) electrons. The van der Waals surface area contributed by atoms with Crippen LogP contribution in [0.3, 0.4) is 0 Å². The molecular formula is C22H19NO5S. The minimum Gasteiger partial charge on any atom is -0.465 e. The lowest BCUT2D eigenvalue weighted by atomic mass is 10.0. The maximum Gasteiger partial charge on any atom is 0.339 e. The molecule has 0 aliphatic heterocycles. The summed E-state index contributed by atoms with van der Waals surface area (Å²) in [4.78, 5) is 24.7. The number of methoxy groups -OCH3 is 1. The Morgan fingerprint density at radius 2 is 1.48 bits per heavy atom. The van der Waals surface area contributed by atoms with Crippen molar-refractivity contribution in [2.75, 3.05) is 18.7 Å². The molecule has 0 saturated heterocycles. The van der Waals surface area contributed by atoms with E-state index < -0.39 is 21.7 Å². The Balaban J connectivity index is 1.87. The normalized spacial score (nSPS) is 11.0. The van der Waals surface area contributed by atoms with E-state index in [2.05, 4.69) is 5.32 Å². The van der Waals surface area contributed by atoms with Gasteiger partial charge in [-0.3, -0.25) is 4.79 Å². The van der Waals surface area contributed by atoms with Crippen molar-refractivity contribution < 1.29 is 22.7 Å². The molecule has 0 aromatic heterocycles. The number of esters is 1. The predicted octanol–water partition coefficient (Wildman–Crippen LogP) is 3.80. The first-order valence-electron chi connectivity index (χ1n) is 8.69. The van der Waals surface area contributed by atoms with E-state index >= 15 is 0 Å². The van der Waals surface area contributed by atoms with Crippen LogP contribution in [0.1, 0.15) is 20.7 Å². The standard InChI is InChI=1S/C22H19NO5S/c1-28-22(25)18-8-3-5-9-19(18)23-21(24)16-13-11-15(12-14-16)17-7-4-6-10-20(17)29(2,26)27/h3-14H,1-2H3,(H,23,24). The topological polar surface area (TPSA) is 89.5 Å². The van der Waals surface area contributed by atoms with Gasteiger partial charge in [0.15, 0.2) is 9.84 Å². The molecule has 3 rings (SSSR count). The molecule has 3 aromatic rings. The first kappa shape index (κ1) is 20.3. The zero-order valence-corrected chi connectivity index (χ0v) is 16.7. The van der Waals surface area contributed by atoms with Crippen LogP contribution in [0, 0.1) is 0 Å². The van der Waals surface area contributed by atoms with Crippen LogP contribution in [-0.4, -0.2) is 33.7 Å². The Hall–Kier alpha value is -3.45. The molecule has 0 saturated carbocycles. The monoisotopic (exact) mass is 409 g/mol. The second-order valence-electron chi connectivity index (χ2n) is 6.34. The molecule has 0 aliphatic rings. The third kappa shape index (κ3) is 4.52. The molecule has 0 atom stereocenters. The lowest BCUT2D eigenvalue weighted by Crippen LogP contribution is -2.15. The average molecular weight is 409 g/mol. The van der Waals surface area contributed by atoms with E-state index in [-0.39, 0.29) is 10.5 Å². The Morgan fingerprint density at radius 3 is 2.14 bits per heavy atom. The number of rotatable bonds is 5. The van der Waals surface area contributed by atoms with Gasteiger partial charge in [-0.1, -0.05) is 42.5 Å². The number of benzene rings is 3. The van der Waals surface area contributed by atoms with Gasteiger partial charge in [0.1, 0.15) is 0 Å². The van der Waals surface area contributed by atoms with Crippen LogP contribution in [0.5, 0.6) is 0 Å². The van der Waals surface area contributed by atoms with E-state index in [1.807, 2.05) is 0 Å². The number of carbonyl (C=O) groups excluding carboxylic acids is 2. The second kappa shape index (κ2) is 8.28. The number of carbonyl (C=O) groups is 2. The molecule has 0 aliphatic carbocycles. The van der Waals surface area contributed by atoms with Gasteiger partial charge in [-0.05, 0) is 35.9 Å². The number of amides is 1. The number of para-hydroxylation sites is 1. The third-order valence-electron chi connectivity index (χ3n) is 4.33. The molecule has 3 aromatic carbocycles. The summed E-state index contributed by atoms with van der Waals surface area (Å²) in [6.07, 6.45) is 1.16. The fourth-order valence-corrected chi connectivity index (χ4v) is 3.82. The fourth-order valence-electron chi connectivity index (χ4n) is 2.90. The molecule has 148 valence electrons. The summed E-state index contributed by atoms with van der Waals surface area (Å²) in [7, 11) is -2.12. The summed E-state index contributed by atoms with van der Waals surface area (Å²) in [6.45, 7) is 0. The zero-order chi connectivity index (χ0) is 21.0. The van der Waals surface area contributed by atoms with Crippen molar-refractivity contribution in [3.63, 3.8) is 0 Å². The van der Waals surface area contributed by atoms with Crippen LogP contribution in [0.4, 0.5) is 5.69 Å². The second-order valence-corrected chi connectivity index (χ2v) is 8.32. The number of nitrogens with one attached hydrogen (secondary N) is 1. The van der Waals surface area contributed by atoms with Gasteiger partial charge in [-0.15, -0.1) is 0 Å². The minimum absolute atomic E-state index is 0.226.